The van der Waals surface area contributed by atoms with Crippen molar-refractivity contribution >= 4 is 23.4 Å². The highest BCUT2D eigenvalue weighted by molar-refractivity contribution is 7.99. The van der Waals surface area contributed by atoms with Crippen molar-refractivity contribution in [3.05, 3.63) is 66.5 Å². The van der Waals surface area contributed by atoms with Gasteiger partial charge in [0.25, 0.3) is 0 Å². The summed E-state index contributed by atoms with van der Waals surface area (Å²) in [5, 5.41) is 12.1. The van der Waals surface area contributed by atoms with Gasteiger partial charge in [-0.1, -0.05) is 11.8 Å². The first-order chi connectivity index (χ1) is 19.5. The fourth-order valence-electron chi connectivity index (χ4n) is 3.89. The van der Waals surface area contributed by atoms with Gasteiger partial charge in [-0.25, -0.2) is 4.39 Å². The zero-order valence-electron chi connectivity index (χ0n) is 22.8. The lowest BCUT2D eigenvalue weighted by atomic mass is 10.1. The van der Waals surface area contributed by atoms with Crippen LogP contribution in [0.5, 0.6) is 23.0 Å². The van der Waals surface area contributed by atoms with Crippen LogP contribution < -0.4 is 24.3 Å². The molecule has 11 heteroatoms. The minimum atomic E-state index is -0.371. The molecule has 9 nitrogen and oxygen atoms in total. The van der Waals surface area contributed by atoms with Crippen LogP contribution in [-0.2, 0) is 4.79 Å². The highest BCUT2D eigenvalue weighted by Crippen LogP contribution is 2.42. The van der Waals surface area contributed by atoms with Gasteiger partial charge in [0.2, 0.25) is 11.7 Å². The molecule has 0 unspecified atom stereocenters. The van der Waals surface area contributed by atoms with Crippen LogP contribution in [0.25, 0.3) is 17.1 Å². The van der Waals surface area contributed by atoms with E-state index in [2.05, 4.69) is 15.5 Å². The minimum Gasteiger partial charge on any atom is -0.497 e. The Bertz CT molecular complexity index is 1400. The van der Waals surface area contributed by atoms with Crippen LogP contribution in [0, 0.1) is 5.82 Å². The molecule has 0 aliphatic carbocycles. The second-order valence-corrected chi connectivity index (χ2v) is 9.23. The van der Waals surface area contributed by atoms with Crippen molar-refractivity contribution in [2.75, 3.05) is 38.0 Å². The molecule has 1 aromatic heterocycles. The molecule has 0 aliphatic heterocycles. The quantitative estimate of drug-likeness (QED) is 0.197. The fourth-order valence-corrected chi connectivity index (χ4v) is 4.64. The first-order valence-electron chi connectivity index (χ1n) is 12.8. The number of carbonyl (C=O) groups excluding carboxylic acids is 1. The van der Waals surface area contributed by atoms with Gasteiger partial charge in [0, 0.05) is 16.9 Å². The lowest BCUT2D eigenvalue weighted by Crippen LogP contribution is -2.14. The summed E-state index contributed by atoms with van der Waals surface area (Å²) in [6, 6.07) is 16.7. The number of amides is 1. The van der Waals surface area contributed by atoms with E-state index in [4.69, 9.17) is 18.9 Å². The van der Waals surface area contributed by atoms with Gasteiger partial charge >= 0.3 is 0 Å². The van der Waals surface area contributed by atoms with E-state index in [1.165, 1.54) is 23.9 Å². The molecule has 1 amide bonds. The van der Waals surface area contributed by atoms with E-state index < -0.39 is 0 Å². The average molecular weight is 567 g/mol. The Balaban J connectivity index is 1.69. The van der Waals surface area contributed by atoms with E-state index in [0.29, 0.717) is 70.7 Å². The lowest BCUT2D eigenvalue weighted by Gasteiger charge is -2.17. The summed E-state index contributed by atoms with van der Waals surface area (Å²) in [6.07, 6.45) is 0. The molecule has 0 saturated carbocycles. The number of halogens is 1. The minimum absolute atomic E-state index is 0.0724. The van der Waals surface area contributed by atoms with Gasteiger partial charge in [0.1, 0.15) is 11.6 Å². The molecule has 0 bridgehead atoms. The third-order valence-corrected chi connectivity index (χ3v) is 6.52. The van der Waals surface area contributed by atoms with E-state index in [0.717, 1.165) is 0 Å². The third-order valence-electron chi connectivity index (χ3n) is 5.59. The number of thioether (sulfide) groups is 1. The van der Waals surface area contributed by atoms with Crippen molar-refractivity contribution in [3.63, 3.8) is 0 Å². The maximum Gasteiger partial charge on any atom is 0.234 e. The maximum atomic E-state index is 13.8. The van der Waals surface area contributed by atoms with Crippen molar-refractivity contribution in [2.45, 2.75) is 25.9 Å². The van der Waals surface area contributed by atoms with Crippen LogP contribution in [0.1, 0.15) is 20.8 Å². The molecule has 40 heavy (non-hydrogen) atoms. The molecule has 3 aromatic carbocycles. The summed E-state index contributed by atoms with van der Waals surface area (Å²) >= 11 is 1.21. The van der Waals surface area contributed by atoms with Gasteiger partial charge < -0.3 is 24.3 Å². The number of carbonyl (C=O) groups is 1. The van der Waals surface area contributed by atoms with Gasteiger partial charge in [0.05, 0.1) is 32.7 Å². The van der Waals surface area contributed by atoms with Crippen molar-refractivity contribution < 1.29 is 28.1 Å². The van der Waals surface area contributed by atoms with Gasteiger partial charge in [-0.3, -0.25) is 9.36 Å². The van der Waals surface area contributed by atoms with E-state index in [-0.39, 0.29) is 17.5 Å². The van der Waals surface area contributed by atoms with Crippen molar-refractivity contribution in [2.24, 2.45) is 0 Å². The number of hydrogen-bond acceptors (Lipinski definition) is 8. The number of ether oxygens (including phenoxy) is 4. The summed E-state index contributed by atoms with van der Waals surface area (Å²) in [5.41, 5.74) is 1.93. The van der Waals surface area contributed by atoms with E-state index >= 15 is 0 Å². The Kier molecular flexibility index (Phi) is 9.85. The summed E-state index contributed by atoms with van der Waals surface area (Å²) in [4.78, 5) is 12.7. The molecular formula is C29H31FN4O5S. The lowest BCUT2D eigenvalue weighted by molar-refractivity contribution is -0.113. The standard InChI is InChI=1S/C29H31FN4O5S/c1-5-37-24-16-19(17-25(38-6-2)27(24)39-7-3)28-32-33-29(34(28)22-12-8-20(30)9-13-22)40-18-26(35)31-21-10-14-23(36-4)15-11-21/h8-17H,5-7,18H2,1-4H3,(H,31,35). The molecule has 0 aliphatic rings. The van der Waals surface area contributed by atoms with Gasteiger partial charge in [-0.15, -0.1) is 10.2 Å². The number of benzene rings is 3. The maximum absolute atomic E-state index is 13.8. The second-order valence-electron chi connectivity index (χ2n) is 8.28. The number of hydrogen-bond donors (Lipinski definition) is 1. The second kappa shape index (κ2) is 13.7. The molecule has 4 aromatic rings. The van der Waals surface area contributed by atoms with Gasteiger partial charge in [0.15, 0.2) is 22.5 Å². The molecule has 4 rings (SSSR count). The number of anilines is 1. The Morgan fingerprint density at radius 3 is 2.10 bits per heavy atom. The largest absolute Gasteiger partial charge is 0.497 e. The molecule has 0 atom stereocenters. The van der Waals surface area contributed by atoms with E-state index in [9.17, 15) is 9.18 Å². The first kappa shape index (κ1) is 28.8. The Morgan fingerprint density at radius 2 is 1.52 bits per heavy atom. The van der Waals surface area contributed by atoms with E-state index in [1.54, 1.807) is 48.1 Å². The van der Waals surface area contributed by atoms with Crippen LogP contribution in [0.2, 0.25) is 0 Å². The molecule has 0 spiro atoms. The van der Waals surface area contributed by atoms with Gasteiger partial charge in [-0.05, 0) is 81.4 Å². The van der Waals surface area contributed by atoms with Crippen molar-refractivity contribution in [3.8, 4) is 40.1 Å². The van der Waals surface area contributed by atoms with Crippen LogP contribution in [0.3, 0.4) is 0 Å². The van der Waals surface area contributed by atoms with Crippen LogP contribution in [0.15, 0.2) is 65.8 Å². The summed E-state index contributed by atoms with van der Waals surface area (Å²) in [6.45, 7) is 6.93. The number of nitrogens with one attached hydrogen (secondary N) is 1. The Labute approximate surface area is 236 Å². The summed E-state index contributed by atoms with van der Waals surface area (Å²) in [5.74, 6) is 2.17. The average Bonchev–Trinajstić information content (AvgIpc) is 3.38. The monoisotopic (exact) mass is 566 g/mol. The summed E-state index contributed by atoms with van der Waals surface area (Å²) < 4.78 is 38.3. The number of rotatable bonds is 13. The molecule has 0 fully saturated rings. The Morgan fingerprint density at radius 1 is 0.900 bits per heavy atom. The SMILES string of the molecule is CCOc1cc(-c2nnc(SCC(=O)Nc3ccc(OC)cc3)n2-c2ccc(F)cc2)cc(OCC)c1OCC. The third kappa shape index (κ3) is 6.84. The van der Waals surface area contributed by atoms with Gasteiger partial charge in [-0.2, -0.15) is 0 Å². The highest BCUT2D eigenvalue weighted by atomic mass is 32.2. The van der Waals surface area contributed by atoms with Crippen LogP contribution >= 0.6 is 11.8 Å². The zero-order chi connectivity index (χ0) is 28.5. The van der Waals surface area contributed by atoms with E-state index in [1.807, 2.05) is 32.9 Å². The number of methoxy groups -OCH3 is 1. The fraction of sp³-hybridized carbons (Fsp3) is 0.276. The topological polar surface area (TPSA) is 96.7 Å². The highest BCUT2D eigenvalue weighted by Gasteiger charge is 2.22. The molecule has 0 radical (unpaired) electrons. The number of nitrogens with zero attached hydrogens (tertiary/aromatic N) is 3. The predicted octanol–water partition coefficient (Wildman–Crippen LogP) is 6.01. The first-order valence-corrected chi connectivity index (χ1v) is 13.8. The van der Waals surface area contributed by atoms with Crippen molar-refractivity contribution in [1.29, 1.82) is 0 Å². The van der Waals surface area contributed by atoms with Crippen LogP contribution in [0.4, 0.5) is 10.1 Å². The zero-order valence-corrected chi connectivity index (χ0v) is 23.6. The predicted molar refractivity (Wildman–Crippen MR) is 153 cm³/mol. The molecule has 0 saturated heterocycles. The van der Waals surface area contributed by atoms with Crippen LogP contribution in [-0.4, -0.2) is 53.4 Å². The molecule has 1 N–H and O–H groups in total. The molecule has 1 heterocycles. The number of aromatic nitrogens is 3. The molecular weight excluding hydrogens is 535 g/mol. The smallest absolute Gasteiger partial charge is 0.234 e. The Hall–Kier alpha value is -4.25. The molecule has 210 valence electrons. The normalized spacial score (nSPS) is 10.7. The summed E-state index contributed by atoms with van der Waals surface area (Å²) in [7, 11) is 1.58. The van der Waals surface area contributed by atoms with Crippen molar-refractivity contribution in [1.82, 2.24) is 14.8 Å².